The van der Waals surface area contributed by atoms with Gasteiger partial charge in [-0.25, -0.2) is 4.98 Å². The van der Waals surface area contributed by atoms with Crippen LogP contribution in [0.5, 0.6) is 0 Å². The average Bonchev–Trinajstić information content (AvgIpc) is 2.66. The van der Waals surface area contributed by atoms with Crippen molar-refractivity contribution >= 4 is 23.8 Å². The van der Waals surface area contributed by atoms with Gasteiger partial charge >= 0.3 is 5.97 Å². The topological polar surface area (TPSA) is 120 Å². The van der Waals surface area contributed by atoms with Crippen molar-refractivity contribution < 1.29 is 9.53 Å². The molecule has 0 saturated carbocycles. The number of nitrogens with zero attached hydrogens (tertiary/aromatic N) is 1. The standard InChI is InChI=1S/C20H27N5O3/c1-13-6-7-16(10-14(13)2)12-23-20-24-17(11-21)18(19(27)25-20)22-8-4-5-9-28-15(3)26/h6-7,10-11,21-22H,4-5,8-9,12H2,1-3H3,(H2,23,24,25,27). The van der Waals surface area contributed by atoms with E-state index in [1.54, 1.807) is 0 Å². The number of anilines is 2. The van der Waals surface area contributed by atoms with Gasteiger partial charge in [0.1, 0.15) is 11.4 Å². The summed E-state index contributed by atoms with van der Waals surface area (Å²) in [6, 6.07) is 6.17. The molecular formula is C20H27N5O3. The van der Waals surface area contributed by atoms with Crippen molar-refractivity contribution in [1.29, 1.82) is 5.41 Å². The lowest BCUT2D eigenvalue weighted by molar-refractivity contribution is -0.141. The van der Waals surface area contributed by atoms with Crippen LogP contribution in [0.4, 0.5) is 11.6 Å². The van der Waals surface area contributed by atoms with Crippen molar-refractivity contribution in [2.24, 2.45) is 0 Å². The van der Waals surface area contributed by atoms with E-state index < -0.39 is 0 Å². The van der Waals surface area contributed by atoms with Crippen molar-refractivity contribution in [1.82, 2.24) is 9.97 Å². The molecule has 8 nitrogen and oxygen atoms in total. The summed E-state index contributed by atoms with van der Waals surface area (Å²) in [5, 5.41) is 13.7. The van der Waals surface area contributed by atoms with E-state index in [2.05, 4.69) is 46.6 Å². The smallest absolute Gasteiger partial charge is 0.302 e. The van der Waals surface area contributed by atoms with Gasteiger partial charge in [-0.1, -0.05) is 18.2 Å². The van der Waals surface area contributed by atoms with Gasteiger partial charge in [-0.2, -0.15) is 0 Å². The molecule has 0 radical (unpaired) electrons. The number of rotatable bonds is 10. The fourth-order valence-electron chi connectivity index (χ4n) is 2.61. The van der Waals surface area contributed by atoms with Crippen molar-refractivity contribution in [3.8, 4) is 0 Å². The number of H-pyrrole nitrogens is 1. The molecule has 2 aromatic rings. The van der Waals surface area contributed by atoms with Gasteiger partial charge in [0.2, 0.25) is 5.95 Å². The Kier molecular flexibility index (Phi) is 7.74. The van der Waals surface area contributed by atoms with Gasteiger partial charge in [0.05, 0.1) is 6.61 Å². The number of aryl methyl sites for hydroxylation is 2. The fraction of sp³-hybridized carbons (Fsp3) is 0.400. The first-order valence-corrected chi connectivity index (χ1v) is 9.22. The number of aromatic nitrogens is 2. The second-order valence-corrected chi connectivity index (χ2v) is 6.57. The number of ether oxygens (including phenoxy) is 1. The molecule has 0 aliphatic heterocycles. The van der Waals surface area contributed by atoms with Crippen LogP contribution in [-0.2, 0) is 16.1 Å². The van der Waals surface area contributed by atoms with Gasteiger partial charge in [0.25, 0.3) is 5.56 Å². The van der Waals surface area contributed by atoms with Crippen molar-refractivity contribution in [2.75, 3.05) is 23.8 Å². The van der Waals surface area contributed by atoms with Crippen LogP contribution < -0.4 is 16.2 Å². The molecule has 0 amide bonds. The minimum Gasteiger partial charge on any atom is -0.466 e. The summed E-state index contributed by atoms with van der Waals surface area (Å²) in [6.45, 7) is 6.87. The SMILES string of the molecule is CC(=O)OCCCCNc1c(C=N)nc(NCc2ccc(C)c(C)c2)[nH]c1=O. The Morgan fingerprint density at radius 3 is 2.71 bits per heavy atom. The van der Waals surface area contributed by atoms with Crippen LogP contribution in [-0.4, -0.2) is 35.3 Å². The van der Waals surface area contributed by atoms with Crippen LogP contribution in [0.15, 0.2) is 23.0 Å². The Morgan fingerprint density at radius 2 is 2.04 bits per heavy atom. The van der Waals surface area contributed by atoms with Crippen molar-refractivity contribution in [2.45, 2.75) is 40.2 Å². The zero-order chi connectivity index (χ0) is 20.5. The van der Waals surface area contributed by atoms with Gasteiger partial charge in [-0.3, -0.25) is 14.6 Å². The predicted octanol–water partition coefficient (Wildman–Crippen LogP) is 2.75. The highest BCUT2D eigenvalue weighted by Crippen LogP contribution is 2.12. The first-order valence-electron chi connectivity index (χ1n) is 9.22. The van der Waals surface area contributed by atoms with Crippen molar-refractivity contribution in [3.05, 3.63) is 50.9 Å². The number of benzene rings is 1. The Hall–Kier alpha value is -3.16. The number of aromatic amines is 1. The molecule has 1 aromatic heterocycles. The van der Waals surface area contributed by atoms with Crippen LogP contribution in [0.2, 0.25) is 0 Å². The Morgan fingerprint density at radius 1 is 1.25 bits per heavy atom. The number of hydrogen-bond acceptors (Lipinski definition) is 7. The third kappa shape index (κ3) is 6.22. The molecule has 4 N–H and O–H groups in total. The van der Waals surface area contributed by atoms with Crippen LogP contribution in [0, 0.1) is 19.3 Å². The van der Waals surface area contributed by atoms with E-state index in [-0.39, 0.29) is 22.9 Å². The highest BCUT2D eigenvalue weighted by molar-refractivity contribution is 5.83. The Bertz CT molecular complexity index is 892. The lowest BCUT2D eigenvalue weighted by Gasteiger charge is -2.11. The quantitative estimate of drug-likeness (QED) is 0.284. The number of hydrogen-bond donors (Lipinski definition) is 4. The predicted molar refractivity (Wildman–Crippen MR) is 110 cm³/mol. The third-order valence-corrected chi connectivity index (χ3v) is 4.29. The number of unbranched alkanes of at least 4 members (excludes halogenated alkanes) is 1. The second-order valence-electron chi connectivity index (χ2n) is 6.57. The van der Waals surface area contributed by atoms with Gasteiger partial charge in [-0.15, -0.1) is 0 Å². The summed E-state index contributed by atoms with van der Waals surface area (Å²) in [4.78, 5) is 30.1. The van der Waals surface area contributed by atoms with Gasteiger partial charge < -0.3 is 20.8 Å². The fourth-order valence-corrected chi connectivity index (χ4v) is 2.61. The van der Waals surface area contributed by atoms with Crippen LogP contribution in [0.25, 0.3) is 0 Å². The van der Waals surface area contributed by atoms with E-state index in [9.17, 15) is 9.59 Å². The number of carbonyl (C=O) groups excluding carboxylic acids is 1. The van der Waals surface area contributed by atoms with Gasteiger partial charge in [0.15, 0.2) is 0 Å². The van der Waals surface area contributed by atoms with E-state index in [4.69, 9.17) is 10.1 Å². The second kappa shape index (κ2) is 10.2. The number of esters is 1. The molecule has 8 heteroatoms. The molecule has 1 heterocycles. The maximum atomic E-state index is 12.4. The molecule has 0 saturated heterocycles. The van der Waals surface area contributed by atoms with Crippen LogP contribution in [0.1, 0.15) is 42.1 Å². The molecule has 28 heavy (non-hydrogen) atoms. The van der Waals surface area contributed by atoms with Crippen molar-refractivity contribution in [3.63, 3.8) is 0 Å². The summed E-state index contributed by atoms with van der Waals surface area (Å²) in [5.74, 6) is 0.0192. The van der Waals surface area contributed by atoms with E-state index in [1.165, 1.54) is 18.1 Å². The molecule has 0 spiro atoms. The molecule has 0 unspecified atom stereocenters. The summed E-state index contributed by atoms with van der Waals surface area (Å²) in [7, 11) is 0. The zero-order valence-electron chi connectivity index (χ0n) is 16.5. The Labute approximate surface area is 164 Å². The van der Waals surface area contributed by atoms with Crippen LogP contribution >= 0.6 is 0 Å². The molecule has 0 aliphatic rings. The Balaban J connectivity index is 1.96. The van der Waals surface area contributed by atoms with Gasteiger partial charge in [0, 0.05) is 26.2 Å². The largest absolute Gasteiger partial charge is 0.466 e. The molecule has 150 valence electrons. The van der Waals surface area contributed by atoms with E-state index in [1.807, 2.05) is 6.07 Å². The summed E-state index contributed by atoms with van der Waals surface area (Å²) in [6.07, 6.45) is 2.46. The summed E-state index contributed by atoms with van der Waals surface area (Å²) < 4.78 is 4.86. The molecular weight excluding hydrogens is 358 g/mol. The first-order chi connectivity index (χ1) is 13.4. The lowest BCUT2D eigenvalue weighted by atomic mass is 10.1. The number of carbonyl (C=O) groups is 1. The maximum absolute atomic E-state index is 12.4. The molecule has 2 rings (SSSR count). The minimum absolute atomic E-state index is 0.263. The lowest BCUT2D eigenvalue weighted by Crippen LogP contribution is -2.21. The molecule has 0 atom stereocenters. The maximum Gasteiger partial charge on any atom is 0.302 e. The number of nitrogens with one attached hydrogen (secondary N) is 4. The summed E-state index contributed by atoms with van der Waals surface area (Å²) in [5.41, 5.74) is 3.71. The first kappa shape index (κ1) is 21.1. The third-order valence-electron chi connectivity index (χ3n) is 4.29. The monoisotopic (exact) mass is 385 g/mol. The molecule has 0 fully saturated rings. The minimum atomic E-state index is -0.337. The van der Waals surface area contributed by atoms with Crippen LogP contribution in [0.3, 0.4) is 0 Å². The van der Waals surface area contributed by atoms with E-state index >= 15 is 0 Å². The average molecular weight is 385 g/mol. The highest BCUT2D eigenvalue weighted by atomic mass is 16.5. The van der Waals surface area contributed by atoms with Gasteiger partial charge in [-0.05, 0) is 43.4 Å². The molecule has 0 bridgehead atoms. The summed E-state index contributed by atoms with van der Waals surface area (Å²) >= 11 is 0. The van der Waals surface area contributed by atoms with E-state index in [0.29, 0.717) is 32.1 Å². The van der Waals surface area contributed by atoms with E-state index in [0.717, 1.165) is 18.2 Å². The zero-order valence-corrected chi connectivity index (χ0v) is 16.5. The molecule has 0 aliphatic carbocycles. The molecule has 1 aromatic carbocycles. The highest BCUT2D eigenvalue weighted by Gasteiger charge is 2.09. The normalized spacial score (nSPS) is 10.4.